The predicted molar refractivity (Wildman–Crippen MR) is 77.7 cm³/mol. The molecular formula is C13H20N4O2S. The van der Waals surface area contributed by atoms with Crippen LogP contribution in [-0.2, 0) is 10.0 Å². The van der Waals surface area contributed by atoms with E-state index in [0.717, 1.165) is 6.42 Å². The average molecular weight is 296 g/mol. The monoisotopic (exact) mass is 296 g/mol. The van der Waals surface area contributed by atoms with Crippen LogP contribution < -0.4 is 5.32 Å². The minimum absolute atomic E-state index is 0.140. The maximum atomic E-state index is 12.6. The Kier molecular flexibility index (Phi) is 5.92. The fraction of sp³-hybridized carbons (Fsp3) is 0.538. The molecule has 1 rings (SSSR count). The molecule has 0 fully saturated rings. The highest BCUT2D eigenvalue weighted by Crippen LogP contribution is 2.24. The van der Waals surface area contributed by atoms with E-state index in [1.807, 2.05) is 13.0 Å². The van der Waals surface area contributed by atoms with Crippen LogP contribution in [0.4, 0.5) is 5.69 Å². The average Bonchev–Trinajstić information content (AvgIpc) is 2.44. The first-order valence-electron chi connectivity index (χ1n) is 6.48. The Morgan fingerprint density at radius 3 is 2.85 bits per heavy atom. The largest absolute Gasteiger partial charge is 0.384 e. The highest BCUT2D eigenvalue weighted by atomic mass is 32.2. The van der Waals surface area contributed by atoms with Crippen molar-refractivity contribution in [1.29, 1.82) is 5.26 Å². The molecule has 1 unspecified atom stereocenters. The Hall–Kier alpha value is -1.65. The lowest BCUT2D eigenvalue weighted by Crippen LogP contribution is -2.35. The summed E-state index contributed by atoms with van der Waals surface area (Å²) in [7, 11) is -2.18. The molecule has 0 radical (unpaired) electrons. The fourth-order valence-corrected chi connectivity index (χ4v) is 3.11. The normalized spacial score (nSPS) is 12.9. The quantitative estimate of drug-likeness (QED) is 0.829. The summed E-state index contributed by atoms with van der Waals surface area (Å²) in [4.78, 5) is 4.04. The lowest BCUT2D eigenvalue weighted by Gasteiger charge is -2.23. The highest BCUT2D eigenvalue weighted by molar-refractivity contribution is 7.89. The van der Waals surface area contributed by atoms with Crippen molar-refractivity contribution >= 4 is 15.7 Å². The van der Waals surface area contributed by atoms with Gasteiger partial charge in [-0.3, -0.25) is 4.98 Å². The Bertz CT molecular complexity index is 580. The molecular weight excluding hydrogens is 276 g/mol. The van der Waals surface area contributed by atoms with Gasteiger partial charge in [-0.1, -0.05) is 6.92 Å². The van der Waals surface area contributed by atoms with Crippen LogP contribution >= 0.6 is 0 Å². The second-order valence-corrected chi connectivity index (χ2v) is 6.50. The van der Waals surface area contributed by atoms with Gasteiger partial charge in [0, 0.05) is 32.0 Å². The van der Waals surface area contributed by atoms with Gasteiger partial charge in [-0.25, -0.2) is 8.42 Å². The van der Waals surface area contributed by atoms with Crippen LogP contribution in [0.5, 0.6) is 0 Å². The third-order valence-corrected chi connectivity index (χ3v) is 5.01. The molecule has 0 aliphatic carbocycles. The second kappa shape index (κ2) is 7.22. The zero-order valence-electron chi connectivity index (χ0n) is 12.0. The number of sulfonamides is 1. The van der Waals surface area contributed by atoms with Gasteiger partial charge in [-0.15, -0.1) is 0 Å². The van der Waals surface area contributed by atoms with Crippen LogP contribution in [0, 0.1) is 11.3 Å². The smallest absolute Gasteiger partial charge is 0.246 e. The van der Waals surface area contributed by atoms with Crippen molar-refractivity contribution in [2.75, 3.05) is 18.9 Å². The second-order valence-electron chi connectivity index (χ2n) is 4.53. The van der Waals surface area contributed by atoms with Crippen molar-refractivity contribution in [3.63, 3.8) is 0 Å². The molecule has 110 valence electrons. The number of nitrogens with one attached hydrogen (secondary N) is 1. The predicted octanol–water partition coefficient (Wildman–Crippen LogP) is 1.83. The minimum Gasteiger partial charge on any atom is -0.384 e. The first-order chi connectivity index (χ1) is 9.45. The van der Waals surface area contributed by atoms with Gasteiger partial charge in [0.05, 0.1) is 18.2 Å². The number of rotatable bonds is 7. The van der Waals surface area contributed by atoms with Crippen molar-refractivity contribution < 1.29 is 8.42 Å². The zero-order chi connectivity index (χ0) is 15.2. The van der Waals surface area contributed by atoms with Gasteiger partial charge in [0.2, 0.25) is 10.0 Å². The molecule has 0 aliphatic heterocycles. The summed E-state index contributed by atoms with van der Waals surface area (Å²) in [5.74, 6) is 0. The van der Waals surface area contributed by atoms with Crippen LogP contribution in [0.1, 0.15) is 26.7 Å². The Morgan fingerprint density at radius 1 is 1.55 bits per heavy atom. The molecule has 6 nitrogen and oxygen atoms in total. The van der Waals surface area contributed by atoms with E-state index in [-0.39, 0.29) is 17.4 Å². The van der Waals surface area contributed by atoms with Gasteiger partial charge in [0.1, 0.15) is 4.90 Å². The van der Waals surface area contributed by atoms with E-state index in [9.17, 15) is 8.42 Å². The fourth-order valence-electron chi connectivity index (χ4n) is 1.64. The molecule has 1 atom stereocenters. The van der Waals surface area contributed by atoms with E-state index in [1.165, 1.54) is 17.5 Å². The summed E-state index contributed by atoms with van der Waals surface area (Å²) >= 11 is 0. The topological polar surface area (TPSA) is 86.1 Å². The summed E-state index contributed by atoms with van der Waals surface area (Å²) in [6.45, 7) is 4.39. The molecule has 0 bridgehead atoms. The van der Waals surface area contributed by atoms with Crippen molar-refractivity contribution in [1.82, 2.24) is 9.29 Å². The van der Waals surface area contributed by atoms with E-state index in [1.54, 1.807) is 19.2 Å². The Labute approximate surface area is 120 Å². The third-order valence-electron chi connectivity index (χ3n) is 3.01. The van der Waals surface area contributed by atoms with E-state index >= 15 is 0 Å². The number of aromatic nitrogens is 1. The van der Waals surface area contributed by atoms with Crippen molar-refractivity contribution in [3.05, 3.63) is 18.5 Å². The van der Waals surface area contributed by atoms with Gasteiger partial charge < -0.3 is 5.32 Å². The molecule has 0 saturated heterocycles. The van der Waals surface area contributed by atoms with Gasteiger partial charge in [0.25, 0.3) is 0 Å². The van der Waals surface area contributed by atoms with Gasteiger partial charge in [-0.05, 0) is 19.4 Å². The number of hydrogen-bond donors (Lipinski definition) is 1. The van der Waals surface area contributed by atoms with Crippen molar-refractivity contribution in [2.45, 2.75) is 37.6 Å². The number of nitriles is 1. The molecule has 0 aliphatic rings. The number of hydrogen-bond acceptors (Lipinski definition) is 5. The van der Waals surface area contributed by atoms with Gasteiger partial charge >= 0.3 is 0 Å². The van der Waals surface area contributed by atoms with Crippen LogP contribution in [0.3, 0.4) is 0 Å². The maximum Gasteiger partial charge on any atom is 0.246 e. The van der Waals surface area contributed by atoms with Crippen LogP contribution in [0.25, 0.3) is 0 Å². The maximum absolute atomic E-state index is 12.6. The summed E-state index contributed by atoms with van der Waals surface area (Å²) in [6.07, 6.45) is 3.93. The van der Waals surface area contributed by atoms with E-state index in [0.29, 0.717) is 12.2 Å². The van der Waals surface area contributed by atoms with Crippen LogP contribution in [0.2, 0.25) is 0 Å². The van der Waals surface area contributed by atoms with Crippen LogP contribution in [0.15, 0.2) is 23.4 Å². The van der Waals surface area contributed by atoms with E-state index in [2.05, 4.69) is 10.3 Å². The summed E-state index contributed by atoms with van der Waals surface area (Å²) in [6, 6.07) is 3.24. The number of nitrogens with zero attached hydrogens (tertiary/aromatic N) is 3. The molecule has 0 aromatic carbocycles. The molecule has 7 heteroatoms. The van der Waals surface area contributed by atoms with E-state index < -0.39 is 10.0 Å². The van der Waals surface area contributed by atoms with Crippen molar-refractivity contribution in [3.8, 4) is 6.07 Å². The molecule has 1 aromatic heterocycles. The first kappa shape index (κ1) is 16.4. The number of anilines is 1. The number of pyridine rings is 1. The van der Waals surface area contributed by atoms with Crippen molar-refractivity contribution in [2.24, 2.45) is 0 Å². The Morgan fingerprint density at radius 2 is 2.25 bits per heavy atom. The molecule has 0 saturated carbocycles. The summed E-state index contributed by atoms with van der Waals surface area (Å²) in [5.41, 5.74) is 0.540. The highest BCUT2D eigenvalue weighted by Gasteiger charge is 2.27. The first-order valence-corrected chi connectivity index (χ1v) is 7.92. The molecule has 1 aromatic rings. The zero-order valence-corrected chi connectivity index (χ0v) is 12.8. The SMILES string of the molecule is CCCNc1ccncc1S(=O)(=O)N(C)C(C)CC#N. The lowest BCUT2D eigenvalue weighted by molar-refractivity contribution is 0.393. The summed E-state index contributed by atoms with van der Waals surface area (Å²) in [5, 5.41) is 11.8. The molecule has 20 heavy (non-hydrogen) atoms. The molecule has 0 amide bonds. The van der Waals surface area contributed by atoms with Crippen LogP contribution in [-0.4, -0.2) is 37.3 Å². The standard InChI is InChI=1S/C13H20N4O2S/c1-4-8-16-12-6-9-15-10-13(12)20(18,19)17(3)11(2)5-7-14/h6,9-11H,4-5,8H2,1-3H3,(H,15,16). The Balaban J connectivity index is 3.12. The third kappa shape index (κ3) is 3.68. The van der Waals surface area contributed by atoms with Gasteiger partial charge in [-0.2, -0.15) is 9.57 Å². The lowest BCUT2D eigenvalue weighted by atomic mass is 10.3. The molecule has 0 spiro atoms. The minimum atomic E-state index is -3.66. The molecule has 1 heterocycles. The molecule has 1 N–H and O–H groups in total. The summed E-state index contributed by atoms with van der Waals surface area (Å²) < 4.78 is 26.4. The van der Waals surface area contributed by atoms with E-state index in [4.69, 9.17) is 5.26 Å². The van der Waals surface area contributed by atoms with Gasteiger partial charge in [0.15, 0.2) is 0 Å².